The molecule has 0 radical (unpaired) electrons. The molecular weight excluding hydrogens is 437 g/mol. The monoisotopic (exact) mass is 455 g/mol. The van der Waals surface area contributed by atoms with Gasteiger partial charge in [0.25, 0.3) is 0 Å². The summed E-state index contributed by atoms with van der Waals surface area (Å²) in [5.41, 5.74) is 3.25. The second-order valence-electron chi connectivity index (χ2n) is 6.28. The number of esters is 1. The van der Waals surface area contributed by atoms with E-state index in [4.69, 9.17) is 9.15 Å². The largest absolute Gasteiger partial charge is 0.463 e. The van der Waals surface area contributed by atoms with Crippen LogP contribution >= 0.6 is 15.9 Å². The Bertz CT molecular complexity index is 1130. The van der Waals surface area contributed by atoms with Gasteiger partial charge in [0.2, 0.25) is 5.71 Å². The summed E-state index contributed by atoms with van der Waals surface area (Å²) in [6.45, 7) is 7.85. The normalized spacial score (nSPS) is 11.9. The van der Waals surface area contributed by atoms with Crippen molar-refractivity contribution in [3.63, 3.8) is 0 Å². The topological polar surface area (TPSA) is 52.3 Å². The standard InChI is InChI=1S/C23H19BrFNO3/c1-4-28-23(27)15(3)7-5-6-14(2)17-12-19-20(24)21(29-22(19)26-13-17)16-8-10-18(25)11-9-16/h5-13H,2,4H2,1,3H3/b6-5-,15-7+. The van der Waals surface area contributed by atoms with E-state index in [1.807, 2.05) is 6.07 Å². The van der Waals surface area contributed by atoms with E-state index in [9.17, 15) is 9.18 Å². The van der Waals surface area contributed by atoms with Crippen molar-refractivity contribution in [2.24, 2.45) is 0 Å². The Kier molecular flexibility index (Phi) is 6.44. The molecule has 148 valence electrons. The number of hydrogen-bond acceptors (Lipinski definition) is 4. The van der Waals surface area contributed by atoms with Crippen molar-refractivity contribution in [2.75, 3.05) is 6.61 Å². The van der Waals surface area contributed by atoms with E-state index in [1.54, 1.807) is 50.4 Å². The summed E-state index contributed by atoms with van der Waals surface area (Å²) < 4.78 is 24.7. The molecule has 2 aromatic heterocycles. The van der Waals surface area contributed by atoms with E-state index < -0.39 is 0 Å². The van der Waals surface area contributed by atoms with Crippen LogP contribution in [0, 0.1) is 5.82 Å². The minimum absolute atomic E-state index is 0.309. The van der Waals surface area contributed by atoms with Crippen molar-refractivity contribution in [2.45, 2.75) is 13.8 Å². The lowest BCUT2D eigenvalue weighted by Gasteiger charge is -2.01. The average molecular weight is 456 g/mol. The second kappa shape index (κ2) is 9.01. The van der Waals surface area contributed by atoms with Gasteiger partial charge < -0.3 is 9.15 Å². The van der Waals surface area contributed by atoms with Crippen molar-refractivity contribution in [3.05, 3.63) is 82.8 Å². The number of hydrogen-bond donors (Lipinski definition) is 0. The first-order chi connectivity index (χ1) is 13.9. The molecule has 29 heavy (non-hydrogen) atoms. The molecule has 0 bridgehead atoms. The predicted molar refractivity (Wildman–Crippen MR) is 116 cm³/mol. The summed E-state index contributed by atoms with van der Waals surface area (Å²) in [4.78, 5) is 16.0. The highest BCUT2D eigenvalue weighted by Crippen LogP contribution is 2.37. The van der Waals surface area contributed by atoms with Gasteiger partial charge in [0.1, 0.15) is 5.82 Å². The third kappa shape index (κ3) is 4.71. The zero-order valence-corrected chi connectivity index (χ0v) is 17.6. The zero-order valence-electron chi connectivity index (χ0n) is 16.0. The Labute approximate surface area is 176 Å². The first kappa shape index (κ1) is 20.7. The smallest absolute Gasteiger partial charge is 0.333 e. The number of halogens is 2. The number of nitrogens with zero attached hydrogens (tertiary/aromatic N) is 1. The lowest BCUT2D eigenvalue weighted by molar-refractivity contribution is -0.138. The van der Waals surface area contributed by atoms with Crippen LogP contribution in [0.2, 0.25) is 0 Å². The van der Waals surface area contributed by atoms with Crippen molar-refractivity contribution in [1.29, 1.82) is 0 Å². The van der Waals surface area contributed by atoms with E-state index >= 15 is 0 Å². The number of pyridine rings is 1. The molecule has 0 saturated heterocycles. The van der Waals surface area contributed by atoms with Gasteiger partial charge in [-0.15, -0.1) is 0 Å². The molecule has 0 aliphatic rings. The molecule has 0 N–H and O–H groups in total. The third-order valence-electron chi connectivity index (χ3n) is 4.20. The van der Waals surface area contributed by atoms with Gasteiger partial charge in [-0.05, 0) is 65.7 Å². The Hall–Kier alpha value is -2.99. The second-order valence-corrected chi connectivity index (χ2v) is 7.08. The minimum atomic E-state index is -0.346. The number of allylic oxidation sites excluding steroid dienone is 4. The number of ether oxygens (including phenoxy) is 1. The van der Waals surface area contributed by atoms with E-state index in [1.165, 1.54) is 12.1 Å². The van der Waals surface area contributed by atoms with Gasteiger partial charge in [0.05, 0.1) is 16.5 Å². The molecule has 0 unspecified atom stereocenters. The highest BCUT2D eigenvalue weighted by Gasteiger charge is 2.15. The molecule has 0 amide bonds. The predicted octanol–water partition coefficient (Wildman–Crippen LogP) is 6.48. The molecule has 0 aliphatic carbocycles. The number of rotatable bonds is 6. The number of aromatic nitrogens is 1. The Morgan fingerprint density at radius 1 is 1.34 bits per heavy atom. The molecule has 0 saturated carbocycles. The fourth-order valence-electron chi connectivity index (χ4n) is 2.63. The first-order valence-corrected chi connectivity index (χ1v) is 9.75. The van der Waals surface area contributed by atoms with E-state index in [0.717, 1.165) is 26.6 Å². The number of benzene rings is 1. The average Bonchev–Trinajstić information content (AvgIpc) is 3.04. The van der Waals surface area contributed by atoms with E-state index in [-0.39, 0.29) is 11.8 Å². The van der Waals surface area contributed by atoms with Crippen LogP contribution in [-0.4, -0.2) is 17.6 Å². The zero-order chi connectivity index (χ0) is 21.0. The fourth-order valence-corrected chi connectivity index (χ4v) is 3.23. The Morgan fingerprint density at radius 2 is 2.07 bits per heavy atom. The highest BCUT2D eigenvalue weighted by molar-refractivity contribution is 9.10. The number of furan rings is 1. The molecule has 1 aromatic carbocycles. The van der Waals surface area contributed by atoms with Crippen LogP contribution in [0.1, 0.15) is 19.4 Å². The SMILES string of the molecule is C=C(/C=C\C=C(/C)C(=O)OCC)c1cnc2oc(-c3ccc(F)cc3)c(Br)c2c1. The van der Waals surface area contributed by atoms with Crippen LogP contribution in [0.3, 0.4) is 0 Å². The van der Waals surface area contributed by atoms with Crippen molar-refractivity contribution in [1.82, 2.24) is 4.98 Å². The van der Waals surface area contributed by atoms with Crippen LogP contribution in [0.25, 0.3) is 28.0 Å². The van der Waals surface area contributed by atoms with Gasteiger partial charge in [-0.25, -0.2) is 14.2 Å². The van der Waals surface area contributed by atoms with Crippen LogP contribution in [0.4, 0.5) is 4.39 Å². The molecule has 0 aliphatic heterocycles. The summed E-state index contributed by atoms with van der Waals surface area (Å²) in [6, 6.07) is 7.98. The van der Waals surface area contributed by atoms with Crippen LogP contribution in [-0.2, 0) is 9.53 Å². The van der Waals surface area contributed by atoms with Gasteiger partial charge in [-0.1, -0.05) is 24.8 Å². The molecule has 4 nitrogen and oxygen atoms in total. The minimum Gasteiger partial charge on any atom is -0.463 e. The molecule has 6 heteroatoms. The summed E-state index contributed by atoms with van der Waals surface area (Å²) in [5, 5.41) is 0.787. The van der Waals surface area contributed by atoms with E-state index in [0.29, 0.717) is 23.7 Å². The maximum absolute atomic E-state index is 13.2. The highest BCUT2D eigenvalue weighted by atomic mass is 79.9. The van der Waals surface area contributed by atoms with Gasteiger partial charge >= 0.3 is 5.97 Å². The molecule has 0 atom stereocenters. The van der Waals surface area contributed by atoms with Gasteiger partial charge in [-0.2, -0.15) is 0 Å². The van der Waals surface area contributed by atoms with Gasteiger partial charge in [-0.3, -0.25) is 0 Å². The molecule has 3 rings (SSSR count). The molecule has 0 fully saturated rings. The summed E-state index contributed by atoms with van der Waals surface area (Å²) >= 11 is 3.56. The Morgan fingerprint density at radius 3 is 2.76 bits per heavy atom. The molecule has 0 spiro atoms. The molecular formula is C23H19BrFNO3. The number of carbonyl (C=O) groups is 1. The van der Waals surface area contributed by atoms with Crippen LogP contribution < -0.4 is 0 Å². The molecule has 2 heterocycles. The Balaban J connectivity index is 1.86. The maximum atomic E-state index is 13.2. The summed E-state index contributed by atoms with van der Waals surface area (Å²) in [6.07, 6.45) is 6.88. The van der Waals surface area contributed by atoms with Crippen molar-refractivity contribution >= 4 is 38.6 Å². The van der Waals surface area contributed by atoms with Crippen molar-refractivity contribution in [3.8, 4) is 11.3 Å². The molecule has 3 aromatic rings. The van der Waals surface area contributed by atoms with Crippen LogP contribution in [0.15, 0.2) is 75.8 Å². The summed E-state index contributed by atoms with van der Waals surface area (Å²) in [5.74, 6) is -0.0722. The van der Waals surface area contributed by atoms with Crippen molar-refractivity contribution < 1.29 is 18.3 Å². The van der Waals surface area contributed by atoms with Gasteiger partial charge in [0, 0.05) is 22.9 Å². The lowest BCUT2D eigenvalue weighted by Crippen LogP contribution is -2.04. The first-order valence-electron chi connectivity index (χ1n) is 8.96. The number of fused-ring (bicyclic) bond motifs is 1. The maximum Gasteiger partial charge on any atom is 0.333 e. The lowest BCUT2D eigenvalue weighted by atomic mass is 10.1. The number of carbonyl (C=O) groups excluding carboxylic acids is 1. The van der Waals surface area contributed by atoms with Crippen LogP contribution in [0.5, 0.6) is 0 Å². The fraction of sp³-hybridized carbons (Fsp3) is 0.130. The van der Waals surface area contributed by atoms with E-state index in [2.05, 4.69) is 27.5 Å². The summed E-state index contributed by atoms with van der Waals surface area (Å²) in [7, 11) is 0. The quantitative estimate of drug-likeness (QED) is 0.242. The third-order valence-corrected chi connectivity index (χ3v) is 4.99. The van der Waals surface area contributed by atoms with Gasteiger partial charge in [0.15, 0.2) is 5.76 Å².